The van der Waals surface area contributed by atoms with E-state index < -0.39 is 16.5 Å². The lowest BCUT2D eigenvalue weighted by Crippen LogP contribution is -2.24. The van der Waals surface area contributed by atoms with Crippen molar-refractivity contribution in [3.05, 3.63) is 63.7 Å². The first-order chi connectivity index (χ1) is 12.1. The number of nitro benzene ring substituents is 1. The standard InChI is InChI=1S/C17H18N2O6/c1-3-24-16-10-14(19(21)22)13(9-15(16)23-2)17(20)18-25-11-12-7-5-4-6-8-12/h4-10H,3,11H2,1-2H3,(H,18,20). The van der Waals surface area contributed by atoms with Crippen LogP contribution in [0.4, 0.5) is 5.69 Å². The average Bonchev–Trinajstić information content (AvgIpc) is 2.62. The van der Waals surface area contributed by atoms with Crippen LogP contribution < -0.4 is 15.0 Å². The van der Waals surface area contributed by atoms with Crippen LogP contribution in [0.2, 0.25) is 0 Å². The second-order valence-corrected chi connectivity index (χ2v) is 4.92. The summed E-state index contributed by atoms with van der Waals surface area (Å²) in [6.45, 7) is 2.18. The first kappa shape index (κ1) is 18.2. The number of nitrogens with zero attached hydrogens (tertiary/aromatic N) is 1. The number of carbonyl (C=O) groups excluding carboxylic acids is 1. The van der Waals surface area contributed by atoms with Crippen LogP contribution in [0.3, 0.4) is 0 Å². The molecular weight excluding hydrogens is 328 g/mol. The highest BCUT2D eigenvalue weighted by atomic mass is 16.7. The Morgan fingerprint density at radius 3 is 2.52 bits per heavy atom. The van der Waals surface area contributed by atoms with E-state index in [1.165, 1.54) is 13.2 Å². The van der Waals surface area contributed by atoms with E-state index in [1.807, 2.05) is 30.3 Å². The van der Waals surface area contributed by atoms with Crippen LogP contribution in [0.15, 0.2) is 42.5 Å². The van der Waals surface area contributed by atoms with Gasteiger partial charge in [-0.05, 0) is 12.5 Å². The predicted octanol–water partition coefficient (Wildman–Crippen LogP) is 2.86. The monoisotopic (exact) mass is 346 g/mol. The van der Waals surface area contributed by atoms with Crippen LogP contribution >= 0.6 is 0 Å². The molecule has 0 heterocycles. The molecule has 0 bridgehead atoms. The largest absolute Gasteiger partial charge is 0.493 e. The lowest BCUT2D eigenvalue weighted by molar-refractivity contribution is -0.385. The Bertz CT molecular complexity index is 748. The van der Waals surface area contributed by atoms with Gasteiger partial charge in [-0.25, -0.2) is 5.48 Å². The maximum Gasteiger partial charge on any atom is 0.286 e. The van der Waals surface area contributed by atoms with E-state index in [-0.39, 0.29) is 23.7 Å². The summed E-state index contributed by atoms with van der Waals surface area (Å²) in [7, 11) is 1.39. The van der Waals surface area contributed by atoms with Crippen molar-refractivity contribution in [1.82, 2.24) is 5.48 Å². The Labute approximate surface area is 144 Å². The van der Waals surface area contributed by atoms with Crippen LogP contribution in [-0.4, -0.2) is 24.5 Å². The van der Waals surface area contributed by atoms with Crippen LogP contribution in [0, 0.1) is 10.1 Å². The molecule has 0 saturated carbocycles. The summed E-state index contributed by atoms with van der Waals surface area (Å²) >= 11 is 0. The van der Waals surface area contributed by atoms with Crippen molar-refractivity contribution in [2.45, 2.75) is 13.5 Å². The summed E-state index contributed by atoms with van der Waals surface area (Å²) < 4.78 is 10.4. The van der Waals surface area contributed by atoms with Gasteiger partial charge in [-0.2, -0.15) is 0 Å². The summed E-state index contributed by atoms with van der Waals surface area (Å²) in [4.78, 5) is 28.0. The van der Waals surface area contributed by atoms with E-state index >= 15 is 0 Å². The normalized spacial score (nSPS) is 10.2. The molecule has 0 radical (unpaired) electrons. The molecule has 0 spiro atoms. The summed E-state index contributed by atoms with van der Waals surface area (Å²) in [5, 5.41) is 11.3. The first-order valence-corrected chi connectivity index (χ1v) is 7.52. The lowest BCUT2D eigenvalue weighted by atomic mass is 10.1. The van der Waals surface area contributed by atoms with Crippen molar-refractivity contribution in [3.8, 4) is 11.5 Å². The van der Waals surface area contributed by atoms with Gasteiger partial charge in [0.15, 0.2) is 11.5 Å². The zero-order valence-corrected chi connectivity index (χ0v) is 13.9. The maximum atomic E-state index is 12.3. The Hall–Kier alpha value is -3.13. The molecule has 2 aromatic rings. The van der Waals surface area contributed by atoms with Gasteiger partial charge in [-0.3, -0.25) is 19.7 Å². The van der Waals surface area contributed by atoms with Gasteiger partial charge >= 0.3 is 0 Å². The summed E-state index contributed by atoms with van der Waals surface area (Å²) in [5.41, 5.74) is 2.47. The van der Waals surface area contributed by atoms with Gasteiger partial charge in [0.05, 0.1) is 31.3 Å². The summed E-state index contributed by atoms with van der Waals surface area (Å²) in [6.07, 6.45) is 0. The molecule has 0 fully saturated rings. The molecular formula is C17H18N2O6. The Morgan fingerprint density at radius 1 is 1.20 bits per heavy atom. The molecule has 0 saturated heterocycles. The van der Waals surface area contributed by atoms with Crippen molar-refractivity contribution in [2.75, 3.05) is 13.7 Å². The first-order valence-electron chi connectivity index (χ1n) is 7.52. The van der Waals surface area contributed by atoms with Crippen molar-refractivity contribution in [1.29, 1.82) is 0 Å². The van der Waals surface area contributed by atoms with Gasteiger partial charge in [-0.15, -0.1) is 0 Å². The third-order valence-electron chi connectivity index (χ3n) is 3.27. The lowest BCUT2D eigenvalue weighted by Gasteiger charge is -2.12. The highest BCUT2D eigenvalue weighted by molar-refractivity contribution is 5.98. The molecule has 0 aliphatic rings. The molecule has 8 nitrogen and oxygen atoms in total. The number of nitrogens with one attached hydrogen (secondary N) is 1. The number of nitro groups is 1. The van der Waals surface area contributed by atoms with Crippen molar-refractivity contribution < 1.29 is 24.0 Å². The van der Waals surface area contributed by atoms with Crippen LogP contribution in [-0.2, 0) is 11.4 Å². The number of hydrogen-bond acceptors (Lipinski definition) is 6. The molecule has 2 rings (SSSR count). The second kappa shape index (κ2) is 8.65. The molecule has 0 aliphatic heterocycles. The summed E-state index contributed by atoms with van der Waals surface area (Å²) in [6, 6.07) is 11.6. The van der Waals surface area contributed by atoms with Crippen LogP contribution in [0.1, 0.15) is 22.8 Å². The number of amides is 1. The number of methoxy groups -OCH3 is 1. The van der Waals surface area contributed by atoms with E-state index in [9.17, 15) is 14.9 Å². The number of hydrogen-bond donors (Lipinski definition) is 1. The van der Waals surface area contributed by atoms with E-state index in [0.29, 0.717) is 6.61 Å². The fourth-order valence-electron chi connectivity index (χ4n) is 2.12. The molecule has 1 N–H and O–H groups in total. The Balaban J connectivity index is 2.17. The third kappa shape index (κ3) is 4.67. The van der Waals surface area contributed by atoms with Gasteiger partial charge in [-0.1, -0.05) is 30.3 Å². The highest BCUT2D eigenvalue weighted by Crippen LogP contribution is 2.34. The van der Waals surface area contributed by atoms with E-state index in [4.69, 9.17) is 14.3 Å². The minimum Gasteiger partial charge on any atom is -0.493 e. The minimum atomic E-state index is -0.746. The number of carbonyl (C=O) groups is 1. The fraction of sp³-hybridized carbons (Fsp3) is 0.235. The van der Waals surface area contributed by atoms with Crippen molar-refractivity contribution >= 4 is 11.6 Å². The Kier molecular flexibility index (Phi) is 6.30. The van der Waals surface area contributed by atoms with Crippen molar-refractivity contribution in [3.63, 3.8) is 0 Å². The zero-order chi connectivity index (χ0) is 18.2. The fourth-order valence-corrected chi connectivity index (χ4v) is 2.12. The van der Waals surface area contributed by atoms with Gasteiger partial charge in [0.2, 0.25) is 0 Å². The zero-order valence-electron chi connectivity index (χ0n) is 13.9. The number of rotatable bonds is 8. The third-order valence-corrected chi connectivity index (χ3v) is 3.27. The smallest absolute Gasteiger partial charge is 0.286 e. The molecule has 8 heteroatoms. The molecule has 25 heavy (non-hydrogen) atoms. The quantitative estimate of drug-likeness (QED) is 0.583. The molecule has 1 amide bonds. The molecule has 2 aromatic carbocycles. The second-order valence-electron chi connectivity index (χ2n) is 4.92. The number of hydroxylamine groups is 1. The van der Waals surface area contributed by atoms with Crippen LogP contribution in [0.5, 0.6) is 11.5 Å². The van der Waals surface area contributed by atoms with Gasteiger partial charge in [0.1, 0.15) is 5.56 Å². The van der Waals surface area contributed by atoms with E-state index in [1.54, 1.807) is 6.92 Å². The van der Waals surface area contributed by atoms with Gasteiger partial charge in [0, 0.05) is 6.07 Å². The molecule has 0 unspecified atom stereocenters. The van der Waals surface area contributed by atoms with Crippen molar-refractivity contribution in [2.24, 2.45) is 0 Å². The topological polar surface area (TPSA) is 99.9 Å². The predicted molar refractivity (Wildman–Crippen MR) is 89.5 cm³/mol. The van der Waals surface area contributed by atoms with Gasteiger partial charge in [0.25, 0.3) is 11.6 Å². The highest BCUT2D eigenvalue weighted by Gasteiger charge is 2.24. The van der Waals surface area contributed by atoms with Gasteiger partial charge < -0.3 is 9.47 Å². The van der Waals surface area contributed by atoms with E-state index in [0.717, 1.165) is 11.6 Å². The molecule has 132 valence electrons. The average molecular weight is 346 g/mol. The van der Waals surface area contributed by atoms with E-state index in [2.05, 4.69) is 5.48 Å². The minimum absolute atomic E-state index is 0.133. The summed E-state index contributed by atoms with van der Waals surface area (Å²) in [5.74, 6) is -0.330. The Morgan fingerprint density at radius 2 is 1.92 bits per heavy atom. The molecule has 0 aromatic heterocycles. The number of ether oxygens (including phenoxy) is 2. The number of benzene rings is 2. The SMILES string of the molecule is CCOc1cc([N+](=O)[O-])c(C(=O)NOCc2ccccc2)cc1OC. The van der Waals surface area contributed by atoms with Crippen LogP contribution in [0.25, 0.3) is 0 Å². The molecule has 0 aliphatic carbocycles. The molecule has 0 atom stereocenters. The maximum absolute atomic E-state index is 12.3.